The molecule has 0 N–H and O–H groups in total. The summed E-state index contributed by atoms with van der Waals surface area (Å²) in [5.41, 5.74) is 2.13. The lowest BCUT2D eigenvalue weighted by atomic mass is 10.3. The highest BCUT2D eigenvalue weighted by Gasteiger charge is 2.14. The molecule has 3 rings (SSSR count). The largest absolute Gasteiger partial charge is 0.327 e. The highest BCUT2D eigenvalue weighted by molar-refractivity contribution is 7.99. The van der Waals surface area contributed by atoms with E-state index in [1.54, 1.807) is 0 Å². The van der Waals surface area contributed by atoms with Gasteiger partial charge in [0, 0.05) is 55.0 Å². The molecule has 114 valence electrons. The van der Waals surface area contributed by atoms with Crippen LogP contribution in [0.25, 0.3) is 11.0 Å². The number of halogens is 2. The Bertz CT molecular complexity index is 608. The maximum absolute atomic E-state index is 6.15. The molecule has 0 amide bonds. The van der Waals surface area contributed by atoms with Crippen LogP contribution in [0.15, 0.2) is 18.2 Å². The third kappa shape index (κ3) is 3.67. The fraction of sp³-hybridized carbons (Fsp3) is 0.533. The number of imidazole rings is 1. The SMILES string of the molecule is ClCCc1nc2ccc(Cl)cc2n1CCN1CCSCC1. The molecule has 1 saturated heterocycles. The molecule has 1 aliphatic heterocycles. The van der Waals surface area contributed by atoms with E-state index in [1.807, 2.05) is 30.0 Å². The molecular formula is C15H19Cl2N3S. The Kier molecular flexibility index (Phi) is 5.33. The third-order valence-corrected chi connectivity index (χ3v) is 5.22. The Balaban J connectivity index is 1.83. The summed E-state index contributed by atoms with van der Waals surface area (Å²) in [5, 5.41) is 0.760. The Hall–Kier alpha value is -0.420. The van der Waals surface area contributed by atoms with E-state index in [9.17, 15) is 0 Å². The molecule has 6 heteroatoms. The number of rotatable bonds is 5. The van der Waals surface area contributed by atoms with Crippen LogP contribution in [0.5, 0.6) is 0 Å². The number of hydrogen-bond donors (Lipinski definition) is 0. The predicted octanol–water partition coefficient (Wildman–Crippen LogP) is 3.52. The molecule has 1 fully saturated rings. The Morgan fingerprint density at radius 2 is 2.00 bits per heavy atom. The van der Waals surface area contributed by atoms with Gasteiger partial charge >= 0.3 is 0 Å². The van der Waals surface area contributed by atoms with Gasteiger partial charge in [-0.1, -0.05) is 11.6 Å². The smallest absolute Gasteiger partial charge is 0.111 e. The number of aromatic nitrogens is 2. The average molecular weight is 344 g/mol. The second kappa shape index (κ2) is 7.23. The van der Waals surface area contributed by atoms with Gasteiger partial charge in [0.25, 0.3) is 0 Å². The molecule has 0 saturated carbocycles. The topological polar surface area (TPSA) is 21.1 Å². The second-order valence-corrected chi connectivity index (χ2v) is 7.24. The van der Waals surface area contributed by atoms with Crippen LogP contribution in [0.3, 0.4) is 0 Å². The van der Waals surface area contributed by atoms with Crippen molar-refractivity contribution in [2.24, 2.45) is 0 Å². The molecule has 1 aromatic carbocycles. The predicted molar refractivity (Wildman–Crippen MR) is 92.9 cm³/mol. The molecule has 1 aromatic heterocycles. The van der Waals surface area contributed by atoms with Gasteiger partial charge in [-0.05, 0) is 18.2 Å². The summed E-state index contributed by atoms with van der Waals surface area (Å²) >= 11 is 14.1. The standard InChI is InChI=1S/C15H19Cl2N3S/c16-4-3-15-18-13-2-1-12(17)11-14(13)20(15)6-5-19-7-9-21-10-8-19/h1-2,11H,3-10H2. The lowest BCUT2D eigenvalue weighted by Gasteiger charge is -2.26. The van der Waals surface area contributed by atoms with E-state index in [1.165, 1.54) is 24.6 Å². The van der Waals surface area contributed by atoms with E-state index in [0.29, 0.717) is 5.88 Å². The molecule has 0 unspecified atom stereocenters. The van der Waals surface area contributed by atoms with Crippen molar-refractivity contribution in [1.82, 2.24) is 14.5 Å². The van der Waals surface area contributed by atoms with Crippen molar-refractivity contribution in [3.63, 3.8) is 0 Å². The fourth-order valence-electron chi connectivity index (χ4n) is 2.74. The molecule has 0 atom stereocenters. The van der Waals surface area contributed by atoms with Crippen molar-refractivity contribution in [2.75, 3.05) is 37.0 Å². The molecule has 2 aromatic rings. The molecular weight excluding hydrogens is 325 g/mol. The first-order valence-electron chi connectivity index (χ1n) is 7.28. The monoisotopic (exact) mass is 343 g/mol. The fourth-order valence-corrected chi connectivity index (χ4v) is 4.05. The summed E-state index contributed by atoms with van der Waals surface area (Å²) in [5.74, 6) is 4.14. The van der Waals surface area contributed by atoms with Crippen molar-refractivity contribution >= 4 is 46.0 Å². The minimum atomic E-state index is 0.595. The Labute approximate surface area is 139 Å². The van der Waals surface area contributed by atoms with E-state index in [-0.39, 0.29) is 0 Å². The number of nitrogens with zero attached hydrogens (tertiary/aromatic N) is 3. The Morgan fingerprint density at radius 3 is 2.76 bits per heavy atom. The molecule has 0 aliphatic carbocycles. The van der Waals surface area contributed by atoms with Crippen LogP contribution in [0.1, 0.15) is 5.82 Å². The normalized spacial score (nSPS) is 16.7. The summed E-state index contributed by atoms with van der Waals surface area (Å²) in [7, 11) is 0. The Morgan fingerprint density at radius 1 is 1.19 bits per heavy atom. The zero-order valence-electron chi connectivity index (χ0n) is 11.9. The van der Waals surface area contributed by atoms with Gasteiger partial charge < -0.3 is 4.57 Å². The van der Waals surface area contributed by atoms with Crippen molar-refractivity contribution in [2.45, 2.75) is 13.0 Å². The van der Waals surface area contributed by atoms with E-state index in [4.69, 9.17) is 28.2 Å². The van der Waals surface area contributed by atoms with Gasteiger partial charge in [0.15, 0.2) is 0 Å². The van der Waals surface area contributed by atoms with Crippen molar-refractivity contribution in [1.29, 1.82) is 0 Å². The van der Waals surface area contributed by atoms with Crippen LogP contribution in [0.4, 0.5) is 0 Å². The van der Waals surface area contributed by atoms with Crippen LogP contribution < -0.4 is 0 Å². The van der Waals surface area contributed by atoms with Crippen LogP contribution in [-0.4, -0.2) is 51.5 Å². The highest BCUT2D eigenvalue weighted by Crippen LogP contribution is 2.21. The van der Waals surface area contributed by atoms with E-state index >= 15 is 0 Å². The average Bonchev–Trinajstić information content (AvgIpc) is 2.83. The summed E-state index contributed by atoms with van der Waals surface area (Å²) < 4.78 is 2.28. The van der Waals surface area contributed by atoms with Gasteiger partial charge in [-0.15, -0.1) is 11.6 Å². The van der Waals surface area contributed by atoms with Crippen LogP contribution in [-0.2, 0) is 13.0 Å². The summed E-state index contributed by atoms with van der Waals surface area (Å²) in [6.45, 7) is 4.38. The quantitative estimate of drug-likeness (QED) is 0.775. The van der Waals surface area contributed by atoms with Gasteiger partial charge in [0.1, 0.15) is 5.82 Å². The number of alkyl halides is 1. The minimum absolute atomic E-state index is 0.595. The first-order chi connectivity index (χ1) is 10.3. The number of aryl methyl sites for hydroxylation is 1. The van der Waals surface area contributed by atoms with Gasteiger partial charge in [-0.2, -0.15) is 11.8 Å². The minimum Gasteiger partial charge on any atom is -0.327 e. The van der Waals surface area contributed by atoms with E-state index in [0.717, 1.165) is 41.4 Å². The maximum Gasteiger partial charge on any atom is 0.111 e. The lowest BCUT2D eigenvalue weighted by molar-refractivity contribution is 0.289. The molecule has 0 radical (unpaired) electrons. The molecule has 0 bridgehead atoms. The van der Waals surface area contributed by atoms with Crippen molar-refractivity contribution in [3.05, 3.63) is 29.0 Å². The molecule has 1 aliphatic rings. The van der Waals surface area contributed by atoms with Crippen LogP contribution >= 0.6 is 35.0 Å². The summed E-state index contributed by atoms with van der Waals surface area (Å²) in [6, 6.07) is 5.89. The summed E-state index contributed by atoms with van der Waals surface area (Å²) in [6.07, 6.45) is 0.795. The van der Waals surface area contributed by atoms with Crippen molar-refractivity contribution < 1.29 is 0 Å². The highest BCUT2D eigenvalue weighted by atomic mass is 35.5. The van der Waals surface area contributed by atoms with E-state index in [2.05, 4.69) is 9.47 Å². The molecule has 0 spiro atoms. The maximum atomic E-state index is 6.15. The number of thioether (sulfide) groups is 1. The third-order valence-electron chi connectivity index (χ3n) is 3.85. The number of fused-ring (bicyclic) bond motifs is 1. The first-order valence-corrected chi connectivity index (χ1v) is 9.35. The van der Waals surface area contributed by atoms with Gasteiger partial charge in [0.2, 0.25) is 0 Å². The number of benzene rings is 1. The van der Waals surface area contributed by atoms with Gasteiger partial charge in [0.05, 0.1) is 11.0 Å². The second-order valence-electron chi connectivity index (χ2n) is 5.21. The molecule has 2 heterocycles. The molecule has 21 heavy (non-hydrogen) atoms. The zero-order valence-corrected chi connectivity index (χ0v) is 14.2. The van der Waals surface area contributed by atoms with Crippen LogP contribution in [0, 0.1) is 0 Å². The lowest BCUT2D eigenvalue weighted by Crippen LogP contribution is -2.35. The van der Waals surface area contributed by atoms with E-state index < -0.39 is 0 Å². The van der Waals surface area contributed by atoms with Gasteiger partial charge in [-0.25, -0.2) is 4.98 Å². The molecule has 3 nitrogen and oxygen atoms in total. The number of hydrogen-bond acceptors (Lipinski definition) is 3. The van der Waals surface area contributed by atoms with Crippen molar-refractivity contribution in [3.8, 4) is 0 Å². The zero-order chi connectivity index (χ0) is 14.7. The first kappa shape index (κ1) is 15.5. The summed E-state index contributed by atoms with van der Waals surface area (Å²) in [4.78, 5) is 7.23. The van der Waals surface area contributed by atoms with Crippen LogP contribution in [0.2, 0.25) is 5.02 Å². The van der Waals surface area contributed by atoms with Gasteiger partial charge in [-0.3, -0.25) is 4.90 Å².